The third-order valence-electron chi connectivity index (χ3n) is 8.24. The van der Waals surface area contributed by atoms with Crippen molar-refractivity contribution in [1.29, 1.82) is 0 Å². The molecule has 3 aromatic rings. The molecule has 0 radical (unpaired) electrons. The quantitative estimate of drug-likeness (QED) is 0.237. The molecule has 2 aliphatic rings. The van der Waals surface area contributed by atoms with Gasteiger partial charge in [0.2, 0.25) is 17.8 Å². The van der Waals surface area contributed by atoms with Crippen molar-refractivity contribution in [1.82, 2.24) is 35.6 Å². The van der Waals surface area contributed by atoms with Crippen LogP contribution in [-0.2, 0) is 11.3 Å². The van der Waals surface area contributed by atoms with Gasteiger partial charge in [-0.2, -0.15) is 13.2 Å². The second-order valence-electron chi connectivity index (χ2n) is 11.9. The van der Waals surface area contributed by atoms with Crippen molar-refractivity contribution in [2.45, 2.75) is 94.9 Å². The van der Waals surface area contributed by atoms with Crippen LogP contribution in [0.2, 0.25) is 0 Å². The second-order valence-corrected chi connectivity index (χ2v) is 11.9. The number of H-pyrrole nitrogens is 1. The van der Waals surface area contributed by atoms with Crippen molar-refractivity contribution in [3.05, 3.63) is 41.5 Å². The molecule has 2 saturated carbocycles. The van der Waals surface area contributed by atoms with E-state index in [1.54, 1.807) is 25.1 Å². The Bertz CT molecular complexity index is 1480. The number of carbonyl (C=O) groups is 2. The van der Waals surface area contributed by atoms with Crippen LogP contribution in [0.5, 0.6) is 0 Å². The maximum absolute atomic E-state index is 14.0. The van der Waals surface area contributed by atoms with Gasteiger partial charge < -0.3 is 15.6 Å². The van der Waals surface area contributed by atoms with E-state index in [1.807, 2.05) is 0 Å². The van der Waals surface area contributed by atoms with E-state index in [4.69, 9.17) is 0 Å². The summed E-state index contributed by atoms with van der Waals surface area (Å²) in [5.41, 5.74) is 1.53. The van der Waals surface area contributed by atoms with Crippen molar-refractivity contribution < 1.29 is 40.3 Å². The van der Waals surface area contributed by atoms with Crippen LogP contribution in [-0.4, -0.2) is 54.8 Å². The number of nitrogens with zero attached hydrogens (tertiary/aromatic N) is 4. The fourth-order valence-corrected chi connectivity index (χ4v) is 5.81. The van der Waals surface area contributed by atoms with Crippen molar-refractivity contribution in [3.8, 4) is 0 Å². The smallest absolute Gasteiger partial charge is 0.350 e. The zero-order valence-electron chi connectivity index (χ0n) is 23.7. The number of carbonyl (C=O) groups excluding carboxylic acids is 2. The van der Waals surface area contributed by atoms with E-state index >= 15 is 0 Å². The van der Waals surface area contributed by atoms with Gasteiger partial charge in [-0.05, 0) is 49.3 Å². The molecule has 2 amide bonds. The number of hydrogen-bond acceptors (Lipinski definition) is 5. The molecule has 1 aromatic carbocycles. The Balaban J connectivity index is 1.31. The number of hydrogen-bond donors (Lipinski definition) is 3. The van der Waals surface area contributed by atoms with Crippen LogP contribution < -0.4 is 10.6 Å². The highest BCUT2D eigenvalue weighted by atomic mass is 19.4. The summed E-state index contributed by atoms with van der Waals surface area (Å²) < 4.78 is 93.1. The van der Waals surface area contributed by atoms with Crippen LogP contribution >= 0.6 is 0 Å². The summed E-state index contributed by atoms with van der Waals surface area (Å²) in [6.07, 6.45) is -6.04. The van der Waals surface area contributed by atoms with Gasteiger partial charge in [0, 0.05) is 38.6 Å². The lowest BCUT2D eigenvalue weighted by Crippen LogP contribution is -2.38. The van der Waals surface area contributed by atoms with E-state index in [0.29, 0.717) is 22.4 Å². The summed E-state index contributed by atoms with van der Waals surface area (Å²) in [6.45, 7) is 1.81. The predicted molar refractivity (Wildman–Crippen MR) is 143 cm³/mol. The van der Waals surface area contributed by atoms with Gasteiger partial charge in [0.1, 0.15) is 5.82 Å². The van der Waals surface area contributed by atoms with Crippen molar-refractivity contribution in [2.75, 3.05) is 0 Å². The number of aromatic amines is 1. The highest BCUT2D eigenvalue weighted by Gasteiger charge is 2.45. The van der Waals surface area contributed by atoms with Gasteiger partial charge in [0.05, 0.1) is 35.7 Å². The molecule has 2 heterocycles. The summed E-state index contributed by atoms with van der Waals surface area (Å²) in [7, 11) is 0. The zero-order chi connectivity index (χ0) is 31.9. The van der Waals surface area contributed by atoms with E-state index in [1.165, 1.54) is 10.9 Å². The SMILES string of the molecule is C[C@@H](NC(=O)CCC(F)(F)F)c1ccc2nc([C@@H](NC(=O)c3cn(CC4CC(F)(F)C4)nn3)C3CCC(F)(F)CC3)[nH]c2c1. The van der Waals surface area contributed by atoms with Gasteiger partial charge in [-0.25, -0.2) is 22.5 Å². The lowest BCUT2D eigenvalue weighted by Gasteiger charge is -2.34. The van der Waals surface area contributed by atoms with E-state index < -0.39 is 60.7 Å². The van der Waals surface area contributed by atoms with Crippen LogP contribution in [0.4, 0.5) is 30.7 Å². The number of amides is 2. The van der Waals surface area contributed by atoms with Crippen LogP contribution in [0.25, 0.3) is 11.0 Å². The Morgan fingerprint density at radius 2 is 1.80 bits per heavy atom. The fourth-order valence-electron chi connectivity index (χ4n) is 5.81. The molecule has 3 N–H and O–H groups in total. The fraction of sp³-hybridized carbons (Fsp3) is 0.607. The van der Waals surface area contributed by atoms with Gasteiger partial charge in [0.15, 0.2) is 5.69 Å². The maximum Gasteiger partial charge on any atom is 0.389 e. The number of fused-ring (bicyclic) bond motifs is 1. The highest BCUT2D eigenvalue weighted by Crippen LogP contribution is 2.43. The Hall–Kier alpha value is -3.72. The first-order chi connectivity index (χ1) is 20.6. The maximum atomic E-state index is 14.0. The first-order valence-corrected chi connectivity index (χ1v) is 14.4. The monoisotopic (exact) mass is 631 g/mol. The van der Waals surface area contributed by atoms with Crippen LogP contribution in [0, 0.1) is 11.8 Å². The molecule has 0 saturated heterocycles. The minimum absolute atomic E-state index is 0.0595. The standard InChI is InChI=1S/C28H32F7N7O2/c1-15(36-22(43)6-9-28(33,34)35)18-2-3-19-20(10-18)38-24(37-19)23(17-4-7-26(29,30)8-5-17)39-25(44)21-14-42(41-40-21)13-16-11-27(31,32)12-16/h2-3,10,14-17,23H,4-9,11-13H2,1H3,(H,36,43)(H,37,38)(H,39,44)/t15-,23+/m1/s1. The summed E-state index contributed by atoms with van der Waals surface area (Å²) in [4.78, 5) is 32.9. The number of rotatable bonds is 10. The molecule has 2 atom stereocenters. The number of imidazole rings is 1. The largest absolute Gasteiger partial charge is 0.389 e. The first kappa shape index (κ1) is 31.7. The third-order valence-corrected chi connectivity index (χ3v) is 8.24. The van der Waals surface area contributed by atoms with Crippen LogP contribution in [0.1, 0.15) is 92.3 Å². The molecule has 0 bridgehead atoms. The average molecular weight is 632 g/mol. The first-order valence-electron chi connectivity index (χ1n) is 14.4. The highest BCUT2D eigenvalue weighted by molar-refractivity contribution is 5.92. The number of halogens is 7. The van der Waals surface area contributed by atoms with Gasteiger partial charge in [0.25, 0.3) is 5.91 Å². The molecular weight excluding hydrogens is 599 g/mol. The average Bonchev–Trinajstić information content (AvgIpc) is 3.56. The van der Waals surface area contributed by atoms with Crippen molar-refractivity contribution >= 4 is 22.8 Å². The lowest BCUT2D eigenvalue weighted by molar-refractivity contribution is -0.144. The summed E-state index contributed by atoms with van der Waals surface area (Å²) >= 11 is 0. The second kappa shape index (κ2) is 12.0. The minimum Gasteiger partial charge on any atom is -0.350 e. The molecule has 5 rings (SSSR count). The predicted octanol–water partition coefficient (Wildman–Crippen LogP) is 6.02. The Kier molecular flexibility index (Phi) is 8.64. The Morgan fingerprint density at radius 1 is 1.09 bits per heavy atom. The molecule has 2 fully saturated rings. The van der Waals surface area contributed by atoms with Crippen LogP contribution in [0.15, 0.2) is 24.4 Å². The summed E-state index contributed by atoms with van der Waals surface area (Å²) in [6, 6.07) is 3.56. The molecule has 0 unspecified atom stereocenters. The Morgan fingerprint density at radius 3 is 2.45 bits per heavy atom. The molecular formula is C28H32F7N7O2. The molecule has 2 aliphatic carbocycles. The summed E-state index contributed by atoms with van der Waals surface area (Å²) in [5, 5.41) is 13.1. The van der Waals surface area contributed by atoms with Crippen LogP contribution in [0.3, 0.4) is 0 Å². The topological polar surface area (TPSA) is 118 Å². The van der Waals surface area contributed by atoms with Gasteiger partial charge in [-0.1, -0.05) is 11.3 Å². The third kappa shape index (κ3) is 7.86. The number of alkyl halides is 7. The van der Waals surface area contributed by atoms with E-state index in [-0.39, 0.29) is 56.7 Å². The van der Waals surface area contributed by atoms with Gasteiger partial charge in [-0.3, -0.25) is 14.3 Å². The number of nitrogens with one attached hydrogen (secondary N) is 3. The molecule has 16 heteroatoms. The molecule has 2 aromatic heterocycles. The molecule has 240 valence electrons. The zero-order valence-corrected chi connectivity index (χ0v) is 23.7. The van der Waals surface area contributed by atoms with Crippen molar-refractivity contribution in [3.63, 3.8) is 0 Å². The summed E-state index contributed by atoms with van der Waals surface area (Å²) in [5.74, 6) is -7.24. The number of benzene rings is 1. The minimum atomic E-state index is -4.45. The normalized spacial score (nSPS) is 20.2. The molecule has 44 heavy (non-hydrogen) atoms. The Labute approximate surface area is 247 Å². The number of aromatic nitrogens is 5. The van der Waals surface area contributed by atoms with E-state index in [0.717, 1.165) is 0 Å². The van der Waals surface area contributed by atoms with Gasteiger partial charge >= 0.3 is 6.18 Å². The van der Waals surface area contributed by atoms with Gasteiger partial charge in [-0.15, -0.1) is 5.10 Å². The lowest BCUT2D eigenvalue weighted by atomic mass is 9.81. The molecule has 9 nitrogen and oxygen atoms in total. The van der Waals surface area contributed by atoms with E-state index in [2.05, 4.69) is 30.9 Å². The molecule has 0 spiro atoms. The molecule has 0 aliphatic heterocycles. The van der Waals surface area contributed by atoms with E-state index in [9.17, 15) is 40.3 Å². The van der Waals surface area contributed by atoms with Crippen molar-refractivity contribution in [2.24, 2.45) is 11.8 Å².